The van der Waals surface area contributed by atoms with E-state index in [2.05, 4.69) is 17.7 Å². The summed E-state index contributed by atoms with van der Waals surface area (Å²) < 4.78 is 35.7. The lowest BCUT2D eigenvalue weighted by Crippen LogP contribution is -2.19. The van der Waals surface area contributed by atoms with Crippen LogP contribution in [0.25, 0.3) is 0 Å². The number of nitriles is 1. The lowest BCUT2D eigenvalue weighted by Gasteiger charge is -2.19. The van der Waals surface area contributed by atoms with Crippen molar-refractivity contribution in [3.63, 3.8) is 0 Å². The largest absolute Gasteiger partial charge is 0.481 e. The van der Waals surface area contributed by atoms with Gasteiger partial charge < -0.3 is 24.8 Å². The quantitative estimate of drug-likeness (QED) is 0.0483. The molecule has 7 aromatic carbocycles. The molecule has 0 aromatic heterocycles. The van der Waals surface area contributed by atoms with Crippen LogP contribution < -0.4 is 0 Å². The fraction of sp³-hybridized carbons (Fsp3) is 0.370. The van der Waals surface area contributed by atoms with Crippen molar-refractivity contribution in [2.24, 2.45) is 11.8 Å². The van der Waals surface area contributed by atoms with Gasteiger partial charge in [0.05, 0.1) is 51.9 Å². The van der Waals surface area contributed by atoms with Crippen LogP contribution in [-0.2, 0) is 38.2 Å². The molecule has 0 aliphatic heterocycles. The maximum atomic E-state index is 11.4. The molecular weight excluding hydrogens is 1600 g/mol. The molecule has 0 saturated carbocycles. The van der Waals surface area contributed by atoms with Gasteiger partial charge in [0.2, 0.25) is 0 Å². The zero-order valence-electron chi connectivity index (χ0n) is 56.8. The Morgan fingerprint density at radius 1 is 0.420 bits per heavy atom. The summed E-state index contributed by atoms with van der Waals surface area (Å²) in [4.78, 5) is 33.0. The molecule has 7 rings (SSSR count). The average molecular weight is 1680 g/mol. The first-order chi connectivity index (χ1) is 46.7. The van der Waals surface area contributed by atoms with E-state index in [9.17, 15) is 22.8 Å². The molecule has 0 bridgehead atoms. The molecule has 9 atom stereocenters. The molecule has 548 valence electrons. The lowest BCUT2D eigenvalue weighted by atomic mass is 9.89. The molecule has 12 nitrogen and oxygen atoms in total. The summed E-state index contributed by atoms with van der Waals surface area (Å²) in [5, 5.41) is 43.4. The van der Waals surface area contributed by atoms with Crippen molar-refractivity contribution >= 4 is 190 Å². The number of carboxylic acids is 1. The van der Waals surface area contributed by atoms with Gasteiger partial charge in [-0.3, -0.25) is 18.6 Å². The van der Waals surface area contributed by atoms with Gasteiger partial charge in [0.1, 0.15) is 0 Å². The molecule has 7 aromatic rings. The third-order valence-corrected chi connectivity index (χ3v) is 19.7. The van der Waals surface area contributed by atoms with E-state index < -0.39 is 16.1 Å². The Kier molecular flexibility index (Phi) is 45.7. The van der Waals surface area contributed by atoms with Crippen molar-refractivity contribution in [2.45, 2.75) is 123 Å². The number of carbonyl (C=O) groups excluding carboxylic acids is 2. The predicted octanol–water partition coefficient (Wildman–Crippen LogP) is 25.0. The second-order valence-electron chi connectivity index (χ2n) is 23.1. The summed E-state index contributed by atoms with van der Waals surface area (Å²) in [7, 11) is -0.660. The zero-order chi connectivity index (χ0) is 76.5. The van der Waals surface area contributed by atoms with E-state index >= 15 is 0 Å². The van der Waals surface area contributed by atoms with Crippen molar-refractivity contribution < 1.29 is 51.8 Å². The minimum Gasteiger partial charge on any atom is -0.481 e. The van der Waals surface area contributed by atoms with Gasteiger partial charge in [0.25, 0.3) is 10.1 Å². The van der Waals surface area contributed by atoms with E-state index in [-0.39, 0.29) is 91.4 Å². The predicted molar refractivity (Wildman–Crippen MR) is 419 cm³/mol. The SMILES string of the molecule is CC(CC#N)c1ccc(Cl)cc1Cl.CC(CC(=O)O)c1ccc(Cl)cc1Cl.CC(CO)C(C)c1ccc(Cl)cc1Cl.CC(CO)c1ccc(Cl)cc1Cl.CC(COS(C)(=O)=O)c1ccc(Cl)cc1Cl.COC(=O)C(C)C(C)c1ccc(Cl)cc1Cl.COC(=O)CC(C)c1ccc(Cl)cc1Cl. The molecule has 0 aliphatic rings. The number of ether oxygens (including phenoxy) is 2. The number of esters is 2. The van der Waals surface area contributed by atoms with Crippen LogP contribution >= 0.6 is 162 Å². The normalized spacial score (nSPS) is 13.3. The zero-order valence-corrected chi connectivity index (χ0v) is 68.2. The highest BCUT2D eigenvalue weighted by Gasteiger charge is 2.25. The molecule has 0 saturated heterocycles. The minimum absolute atomic E-state index is 0.00258. The standard InChI is InChI=1S/C12H14Cl2O2.C11H12Cl2O2.C11H14Cl2O.C10H9Cl2N.C10H12Cl2O3S.C10H10Cl2O2.C9H10Cl2O/c1-7(8(2)12(15)16-3)10-5-4-9(13)6-11(10)14;1-7(5-11(14)15-2)9-4-3-8(12)6-10(9)13;1-7(6-14)8(2)10-4-3-9(12)5-11(10)13;1-7(4-5-13)9-3-2-8(11)6-10(9)12;1-7(6-15-16(2,13)14)9-4-3-8(11)5-10(9)12;1-6(4-10(13)14)8-3-2-7(11)5-9(8)12;1-6(5-12)8-3-2-7(10)4-9(8)11/h4-8H,1-3H3;3-4,6-7H,5H2,1-2H3;3-5,7-8,14H,6H2,1-2H3;2-3,6-7H,4H2,1H3;3-5,7H,6H2,1-2H3;2-3,5-6H,4H2,1H3,(H,13,14);2-4,6,12H,5H2,1H3. The van der Waals surface area contributed by atoms with Crippen molar-refractivity contribution in [1.82, 2.24) is 0 Å². The minimum atomic E-state index is -3.42. The number of carbonyl (C=O) groups is 3. The first kappa shape index (κ1) is 94.3. The second-order valence-corrected chi connectivity index (χ2v) is 30.7. The molecule has 100 heavy (non-hydrogen) atoms. The summed E-state index contributed by atoms with van der Waals surface area (Å²) >= 11 is 82.3. The number of halogens is 14. The summed E-state index contributed by atoms with van der Waals surface area (Å²) in [6.07, 6.45) is 1.88. The Morgan fingerprint density at radius 3 is 0.980 bits per heavy atom. The van der Waals surface area contributed by atoms with Gasteiger partial charge in [-0.2, -0.15) is 13.7 Å². The monoisotopic (exact) mass is 1670 g/mol. The van der Waals surface area contributed by atoms with Crippen LogP contribution in [0.1, 0.15) is 162 Å². The summed E-state index contributed by atoms with van der Waals surface area (Å²) in [5.74, 6) is -1.06. The number of carboxylic acid groups (broad SMARTS) is 1. The van der Waals surface area contributed by atoms with Gasteiger partial charge in [0.15, 0.2) is 0 Å². The number of hydrogen-bond donors (Lipinski definition) is 3. The average Bonchev–Trinajstić information content (AvgIpc) is 1.03. The molecule has 3 N–H and O–H groups in total. The van der Waals surface area contributed by atoms with Crippen molar-refractivity contribution in [2.75, 3.05) is 40.3 Å². The number of aliphatic hydroxyl groups excluding tert-OH is 2. The molecule has 0 heterocycles. The van der Waals surface area contributed by atoms with Crippen LogP contribution in [0.15, 0.2) is 127 Å². The van der Waals surface area contributed by atoms with Crippen molar-refractivity contribution in [3.05, 3.63) is 237 Å². The fourth-order valence-corrected chi connectivity index (χ4v) is 13.4. The smallest absolute Gasteiger partial charge is 0.308 e. The van der Waals surface area contributed by atoms with Crippen molar-refractivity contribution in [3.8, 4) is 6.07 Å². The number of methoxy groups -OCH3 is 2. The third-order valence-electron chi connectivity index (χ3n) is 15.2. The Labute approximate surface area is 659 Å². The highest BCUT2D eigenvalue weighted by atomic mass is 35.5. The summed E-state index contributed by atoms with van der Waals surface area (Å²) in [6, 6.07) is 39.0. The van der Waals surface area contributed by atoms with E-state index in [0.29, 0.717) is 83.2 Å². The van der Waals surface area contributed by atoms with Crippen LogP contribution in [0.4, 0.5) is 0 Å². The van der Waals surface area contributed by atoms with Gasteiger partial charge >= 0.3 is 17.9 Å². The Morgan fingerprint density at radius 2 is 0.710 bits per heavy atom. The van der Waals surface area contributed by atoms with Crippen LogP contribution in [0.2, 0.25) is 70.3 Å². The van der Waals surface area contributed by atoms with Gasteiger partial charge in [-0.1, -0.05) is 267 Å². The van der Waals surface area contributed by atoms with Crippen LogP contribution in [0.3, 0.4) is 0 Å². The number of nitrogens with zero attached hydrogens (tertiary/aromatic N) is 1. The fourth-order valence-electron chi connectivity index (χ4n) is 8.85. The van der Waals surface area contributed by atoms with Crippen LogP contribution in [-0.4, -0.2) is 81.9 Å². The number of benzene rings is 7. The van der Waals surface area contributed by atoms with Gasteiger partial charge in [-0.25, -0.2) is 0 Å². The highest BCUT2D eigenvalue weighted by molar-refractivity contribution is 7.86. The van der Waals surface area contributed by atoms with Gasteiger partial charge in [0, 0.05) is 102 Å². The van der Waals surface area contributed by atoms with Gasteiger partial charge in [-0.15, -0.1) is 0 Å². The molecule has 0 radical (unpaired) electrons. The molecule has 27 heteroatoms. The van der Waals surface area contributed by atoms with E-state index in [1.807, 2.05) is 91.8 Å². The Balaban J connectivity index is 0.000000584. The summed E-state index contributed by atoms with van der Waals surface area (Å²) in [5.41, 5.74) is 6.40. The molecule has 0 fully saturated rings. The molecule has 9 unspecified atom stereocenters. The maximum Gasteiger partial charge on any atom is 0.308 e. The van der Waals surface area contributed by atoms with Crippen molar-refractivity contribution in [1.29, 1.82) is 5.26 Å². The van der Waals surface area contributed by atoms with Crippen LogP contribution in [0, 0.1) is 23.2 Å². The number of hydrogen-bond acceptors (Lipinski definition) is 11. The highest BCUT2D eigenvalue weighted by Crippen LogP contribution is 2.36. The Hall–Kier alpha value is -3.67. The van der Waals surface area contributed by atoms with E-state index in [1.165, 1.54) is 14.2 Å². The van der Waals surface area contributed by atoms with E-state index in [4.69, 9.17) is 192 Å². The maximum absolute atomic E-state index is 11.4. The first-order valence-electron chi connectivity index (χ1n) is 30.6. The second kappa shape index (κ2) is 48.4. The Bertz CT molecular complexity index is 3900. The number of rotatable bonds is 20. The topological polar surface area (TPSA) is 198 Å². The summed E-state index contributed by atoms with van der Waals surface area (Å²) in [6.45, 7) is 17.6. The number of aliphatic carboxylic acids is 1. The van der Waals surface area contributed by atoms with Gasteiger partial charge in [-0.05, 0) is 159 Å². The van der Waals surface area contributed by atoms with E-state index in [0.717, 1.165) is 45.2 Å². The third kappa shape index (κ3) is 35.4. The molecule has 0 amide bonds. The van der Waals surface area contributed by atoms with E-state index in [1.54, 1.807) is 91.0 Å². The molecule has 0 spiro atoms. The van der Waals surface area contributed by atoms with Crippen LogP contribution in [0.5, 0.6) is 0 Å². The number of aliphatic hydroxyl groups is 2. The molecular formula is C73H81Cl14NO11S. The molecule has 0 aliphatic carbocycles. The first-order valence-corrected chi connectivity index (χ1v) is 37.7. The lowest BCUT2D eigenvalue weighted by molar-refractivity contribution is -0.145.